The second-order valence-electron chi connectivity index (χ2n) is 5.40. The van der Waals surface area contributed by atoms with Crippen molar-refractivity contribution in [3.05, 3.63) is 27.8 Å². The lowest BCUT2D eigenvalue weighted by atomic mass is 9.75. The molecule has 0 heterocycles. The first kappa shape index (κ1) is 13.7. The summed E-state index contributed by atoms with van der Waals surface area (Å²) in [6.45, 7) is 4.81. The molecule has 2 nitrogen and oxygen atoms in total. The predicted molar refractivity (Wildman–Crippen MR) is 76.7 cm³/mol. The van der Waals surface area contributed by atoms with E-state index in [-0.39, 0.29) is 5.41 Å². The summed E-state index contributed by atoms with van der Waals surface area (Å²) < 4.78 is 5.64. The molecule has 2 rings (SSSR count). The number of hydrogen-bond donors (Lipinski definition) is 1. The van der Waals surface area contributed by atoms with Crippen LogP contribution in [0.4, 0.5) is 0 Å². The molecule has 0 atom stereocenters. The Morgan fingerprint density at radius 1 is 1.33 bits per heavy atom. The molecular weight excluding hydrogens is 246 g/mol. The van der Waals surface area contributed by atoms with Crippen LogP contribution in [0.3, 0.4) is 0 Å². The number of halogens is 1. The molecule has 0 aliphatic heterocycles. The highest BCUT2D eigenvalue weighted by molar-refractivity contribution is 6.31. The molecule has 1 fully saturated rings. The fraction of sp³-hybridized carbons (Fsp3) is 0.600. The van der Waals surface area contributed by atoms with E-state index in [1.807, 2.05) is 13.0 Å². The predicted octanol–water partition coefficient (Wildman–Crippen LogP) is 3.74. The van der Waals surface area contributed by atoms with Gasteiger partial charge in [0.05, 0.1) is 7.11 Å². The molecule has 0 spiro atoms. The summed E-state index contributed by atoms with van der Waals surface area (Å²) in [5.41, 5.74) is 9.70. The Hall–Kier alpha value is -0.730. The molecule has 3 heteroatoms. The van der Waals surface area contributed by atoms with Crippen molar-refractivity contribution in [1.82, 2.24) is 0 Å². The summed E-state index contributed by atoms with van der Waals surface area (Å²) in [6, 6.07) is 2.05. The van der Waals surface area contributed by atoms with Crippen molar-refractivity contribution in [2.75, 3.05) is 13.7 Å². The molecule has 1 aliphatic rings. The lowest BCUT2D eigenvalue weighted by Crippen LogP contribution is -2.33. The summed E-state index contributed by atoms with van der Waals surface area (Å²) in [7, 11) is 1.72. The van der Waals surface area contributed by atoms with Crippen molar-refractivity contribution in [3.63, 3.8) is 0 Å². The Kier molecular flexibility index (Phi) is 3.88. The molecule has 1 aromatic carbocycles. The van der Waals surface area contributed by atoms with Gasteiger partial charge in [-0.1, -0.05) is 24.4 Å². The number of benzene rings is 1. The molecule has 1 aliphatic carbocycles. The van der Waals surface area contributed by atoms with E-state index in [9.17, 15) is 0 Å². The van der Waals surface area contributed by atoms with Crippen LogP contribution >= 0.6 is 11.6 Å². The van der Waals surface area contributed by atoms with Crippen molar-refractivity contribution >= 4 is 11.6 Å². The lowest BCUT2D eigenvalue weighted by molar-refractivity contribution is 0.374. The second-order valence-corrected chi connectivity index (χ2v) is 5.81. The van der Waals surface area contributed by atoms with Crippen LogP contribution in [0.25, 0.3) is 0 Å². The van der Waals surface area contributed by atoms with Crippen molar-refractivity contribution in [2.24, 2.45) is 5.73 Å². The van der Waals surface area contributed by atoms with E-state index in [1.54, 1.807) is 7.11 Å². The highest BCUT2D eigenvalue weighted by atomic mass is 35.5. The van der Waals surface area contributed by atoms with E-state index < -0.39 is 0 Å². The van der Waals surface area contributed by atoms with Gasteiger partial charge in [0.1, 0.15) is 5.75 Å². The molecule has 18 heavy (non-hydrogen) atoms. The lowest BCUT2D eigenvalue weighted by Gasteiger charge is -2.32. The average Bonchev–Trinajstić information content (AvgIpc) is 2.83. The van der Waals surface area contributed by atoms with Crippen LogP contribution < -0.4 is 10.5 Å². The largest absolute Gasteiger partial charge is 0.496 e. The molecule has 2 N–H and O–H groups in total. The van der Waals surface area contributed by atoms with Gasteiger partial charge in [-0.15, -0.1) is 0 Å². The van der Waals surface area contributed by atoms with Crippen molar-refractivity contribution in [1.29, 1.82) is 0 Å². The van der Waals surface area contributed by atoms with E-state index in [0.29, 0.717) is 6.54 Å². The first-order valence-electron chi connectivity index (χ1n) is 6.60. The van der Waals surface area contributed by atoms with Crippen LogP contribution in [0.15, 0.2) is 6.07 Å². The third-order valence-corrected chi connectivity index (χ3v) is 4.74. The van der Waals surface area contributed by atoms with Gasteiger partial charge < -0.3 is 10.5 Å². The first-order valence-corrected chi connectivity index (χ1v) is 6.98. The van der Waals surface area contributed by atoms with Crippen LogP contribution in [0.5, 0.6) is 5.75 Å². The highest BCUT2D eigenvalue weighted by Gasteiger charge is 2.38. The van der Waals surface area contributed by atoms with Crippen molar-refractivity contribution in [2.45, 2.75) is 44.9 Å². The molecule has 0 saturated heterocycles. The van der Waals surface area contributed by atoms with Gasteiger partial charge in [0.2, 0.25) is 0 Å². The second kappa shape index (κ2) is 5.10. The quantitative estimate of drug-likeness (QED) is 0.906. The maximum absolute atomic E-state index is 6.25. The Bertz CT molecular complexity index is 450. The molecule has 100 valence electrons. The van der Waals surface area contributed by atoms with Gasteiger partial charge in [0, 0.05) is 28.1 Å². The van der Waals surface area contributed by atoms with Gasteiger partial charge in [-0.25, -0.2) is 0 Å². The first-order chi connectivity index (χ1) is 8.55. The number of nitrogens with two attached hydrogens (primary N) is 1. The van der Waals surface area contributed by atoms with Gasteiger partial charge in [-0.2, -0.15) is 0 Å². The molecule has 0 radical (unpaired) electrons. The fourth-order valence-corrected chi connectivity index (χ4v) is 3.62. The van der Waals surface area contributed by atoms with E-state index in [1.165, 1.54) is 24.0 Å². The number of ether oxygens (including phenoxy) is 1. The van der Waals surface area contributed by atoms with E-state index in [2.05, 4.69) is 6.92 Å². The average molecular weight is 268 g/mol. The van der Waals surface area contributed by atoms with Crippen LogP contribution in [0.1, 0.15) is 42.4 Å². The molecule has 0 unspecified atom stereocenters. The molecular formula is C15H22ClNO. The van der Waals surface area contributed by atoms with Crippen LogP contribution in [0, 0.1) is 13.8 Å². The maximum Gasteiger partial charge on any atom is 0.127 e. The zero-order chi connectivity index (χ0) is 13.3. The normalized spacial score (nSPS) is 18.1. The summed E-state index contributed by atoms with van der Waals surface area (Å²) >= 11 is 6.25. The minimum absolute atomic E-state index is 0.0881. The molecule has 1 aromatic rings. The van der Waals surface area contributed by atoms with Gasteiger partial charge >= 0.3 is 0 Å². The number of hydrogen-bond acceptors (Lipinski definition) is 2. The Labute approximate surface area is 114 Å². The Balaban J connectivity index is 2.65. The smallest absolute Gasteiger partial charge is 0.127 e. The summed E-state index contributed by atoms with van der Waals surface area (Å²) in [5, 5.41) is 0.776. The molecule has 0 bridgehead atoms. The molecule has 0 aromatic heterocycles. The monoisotopic (exact) mass is 267 g/mol. The Morgan fingerprint density at radius 3 is 2.44 bits per heavy atom. The minimum atomic E-state index is 0.0881. The zero-order valence-corrected chi connectivity index (χ0v) is 12.2. The SMILES string of the molecule is COc1c(C)c(Cl)cc(C)c1C1(CN)CCCC1. The van der Waals surface area contributed by atoms with E-state index in [4.69, 9.17) is 22.1 Å². The summed E-state index contributed by atoms with van der Waals surface area (Å²) in [4.78, 5) is 0. The van der Waals surface area contributed by atoms with Crippen molar-refractivity contribution in [3.8, 4) is 5.75 Å². The van der Waals surface area contributed by atoms with Crippen LogP contribution in [-0.2, 0) is 5.41 Å². The van der Waals surface area contributed by atoms with Crippen LogP contribution in [0.2, 0.25) is 5.02 Å². The van der Waals surface area contributed by atoms with Gasteiger partial charge in [-0.05, 0) is 38.3 Å². The van der Waals surface area contributed by atoms with E-state index in [0.717, 1.165) is 29.2 Å². The topological polar surface area (TPSA) is 35.2 Å². The number of rotatable bonds is 3. The molecule has 0 amide bonds. The van der Waals surface area contributed by atoms with Gasteiger partial charge in [0.15, 0.2) is 0 Å². The van der Waals surface area contributed by atoms with Gasteiger partial charge in [-0.3, -0.25) is 0 Å². The standard InChI is InChI=1S/C15H22ClNO/c1-10-8-12(16)11(2)14(18-3)13(10)15(9-17)6-4-5-7-15/h8H,4-7,9,17H2,1-3H3. The minimum Gasteiger partial charge on any atom is -0.496 e. The number of aryl methyl sites for hydroxylation is 1. The van der Waals surface area contributed by atoms with Gasteiger partial charge in [0.25, 0.3) is 0 Å². The Morgan fingerprint density at radius 2 is 1.94 bits per heavy atom. The van der Waals surface area contributed by atoms with Crippen molar-refractivity contribution < 1.29 is 4.74 Å². The highest BCUT2D eigenvalue weighted by Crippen LogP contribution is 2.47. The zero-order valence-electron chi connectivity index (χ0n) is 11.5. The fourth-order valence-electron chi connectivity index (χ4n) is 3.37. The summed E-state index contributed by atoms with van der Waals surface area (Å²) in [6.07, 6.45) is 4.81. The maximum atomic E-state index is 6.25. The summed E-state index contributed by atoms with van der Waals surface area (Å²) in [5.74, 6) is 0.937. The third-order valence-electron chi connectivity index (χ3n) is 4.35. The third kappa shape index (κ3) is 2.02. The number of methoxy groups -OCH3 is 1. The van der Waals surface area contributed by atoms with E-state index >= 15 is 0 Å². The van der Waals surface area contributed by atoms with Crippen LogP contribution in [-0.4, -0.2) is 13.7 Å². The molecule has 1 saturated carbocycles.